The second kappa shape index (κ2) is 5.34. The average molecular weight is 243 g/mol. The number of Topliss-reactive ketones (excluding diaryl/α,β-unsaturated/α-hetero) is 1. The molecular formula is C12H12Cl2O. The Hall–Kier alpha value is -0.790. The lowest BCUT2D eigenvalue weighted by molar-refractivity contribution is 0.0983. The third-order valence-corrected chi connectivity index (χ3v) is 2.76. The van der Waals surface area contributed by atoms with Gasteiger partial charge in [0, 0.05) is 12.0 Å². The molecule has 1 rings (SSSR count). The minimum Gasteiger partial charge on any atom is -0.294 e. The van der Waals surface area contributed by atoms with E-state index >= 15 is 0 Å². The summed E-state index contributed by atoms with van der Waals surface area (Å²) in [6.07, 6.45) is 1.17. The van der Waals surface area contributed by atoms with Gasteiger partial charge in [0.1, 0.15) is 0 Å². The molecule has 0 unspecified atom stereocenters. The molecule has 15 heavy (non-hydrogen) atoms. The van der Waals surface area contributed by atoms with Crippen LogP contribution in [0.5, 0.6) is 0 Å². The Morgan fingerprint density at radius 2 is 1.93 bits per heavy atom. The van der Waals surface area contributed by atoms with Gasteiger partial charge in [-0.05, 0) is 31.5 Å². The van der Waals surface area contributed by atoms with Gasteiger partial charge in [-0.25, -0.2) is 0 Å². The van der Waals surface area contributed by atoms with Gasteiger partial charge >= 0.3 is 0 Å². The minimum absolute atomic E-state index is 0.0663. The first-order valence-corrected chi connectivity index (χ1v) is 5.39. The van der Waals surface area contributed by atoms with Gasteiger partial charge in [-0.15, -0.1) is 6.58 Å². The zero-order chi connectivity index (χ0) is 11.4. The highest BCUT2D eigenvalue weighted by molar-refractivity contribution is 6.42. The Labute approximate surface area is 99.7 Å². The fourth-order valence-corrected chi connectivity index (χ4v) is 1.44. The van der Waals surface area contributed by atoms with E-state index in [-0.39, 0.29) is 5.78 Å². The van der Waals surface area contributed by atoms with Gasteiger partial charge < -0.3 is 0 Å². The van der Waals surface area contributed by atoms with Crippen LogP contribution in [0.4, 0.5) is 0 Å². The van der Waals surface area contributed by atoms with Crippen LogP contribution in [0.3, 0.4) is 0 Å². The molecule has 1 nitrogen and oxygen atoms in total. The largest absolute Gasteiger partial charge is 0.294 e. The van der Waals surface area contributed by atoms with Crippen molar-refractivity contribution in [2.75, 3.05) is 0 Å². The highest BCUT2D eigenvalue weighted by Crippen LogP contribution is 2.23. The summed E-state index contributed by atoms with van der Waals surface area (Å²) in [4.78, 5) is 11.7. The van der Waals surface area contributed by atoms with Crippen LogP contribution in [0.2, 0.25) is 10.0 Å². The van der Waals surface area contributed by atoms with Crippen LogP contribution >= 0.6 is 23.2 Å². The Bertz CT molecular complexity index is 397. The molecule has 80 valence electrons. The summed E-state index contributed by atoms with van der Waals surface area (Å²) in [5.74, 6) is 0.0663. The third kappa shape index (κ3) is 3.69. The molecule has 0 bridgehead atoms. The number of benzene rings is 1. The maximum absolute atomic E-state index is 11.7. The van der Waals surface area contributed by atoms with Crippen molar-refractivity contribution in [2.24, 2.45) is 0 Å². The summed E-state index contributed by atoms with van der Waals surface area (Å²) < 4.78 is 0. The first-order chi connectivity index (χ1) is 7.00. The maximum Gasteiger partial charge on any atom is 0.163 e. The zero-order valence-electron chi connectivity index (χ0n) is 8.52. The molecule has 0 atom stereocenters. The number of hydrogen-bond acceptors (Lipinski definition) is 1. The van der Waals surface area contributed by atoms with E-state index in [2.05, 4.69) is 6.58 Å². The van der Waals surface area contributed by atoms with E-state index < -0.39 is 0 Å². The summed E-state index contributed by atoms with van der Waals surface area (Å²) in [6.45, 7) is 5.66. The quantitative estimate of drug-likeness (QED) is 0.560. The molecule has 0 saturated heterocycles. The summed E-state index contributed by atoms with van der Waals surface area (Å²) in [6, 6.07) is 4.93. The fourth-order valence-electron chi connectivity index (χ4n) is 1.14. The van der Waals surface area contributed by atoms with E-state index in [0.29, 0.717) is 28.5 Å². The molecule has 1 aromatic rings. The number of carbonyl (C=O) groups is 1. The second-order valence-corrected chi connectivity index (χ2v) is 4.32. The Morgan fingerprint density at radius 1 is 1.27 bits per heavy atom. The van der Waals surface area contributed by atoms with Crippen molar-refractivity contribution in [3.8, 4) is 0 Å². The predicted octanol–water partition coefficient (Wildman–Crippen LogP) is 4.53. The van der Waals surface area contributed by atoms with Crippen LogP contribution < -0.4 is 0 Å². The summed E-state index contributed by atoms with van der Waals surface area (Å²) in [7, 11) is 0. The number of halogens is 2. The molecule has 0 N–H and O–H groups in total. The topological polar surface area (TPSA) is 17.1 Å². The Morgan fingerprint density at radius 3 is 2.47 bits per heavy atom. The van der Waals surface area contributed by atoms with Crippen molar-refractivity contribution >= 4 is 29.0 Å². The number of allylic oxidation sites excluding steroid dienone is 1. The maximum atomic E-state index is 11.7. The average Bonchev–Trinajstić information content (AvgIpc) is 2.18. The number of rotatable bonds is 4. The Balaban J connectivity index is 2.74. The van der Waals surface area contributed by atoms with Crippen LogP contribution in [0.1, 0.15) is 30.1 Å². The molecule has 3 heteroatoms. The van der Waals surface area contributed by atoms with Gasteiger partial charge in [0.15, 0.2) is 5.78 Å². The third-order valence-electron chi connectivity index (χ3n) is 2.02. The van der Waals surface area contributed by atoms with Crippen molar-refractivity contribution in [3.05, 3.63) is 46.0 Å². The van der Waals surface area contributed by atoms with Crippen molar-refractivity contribution < 1.29 is 4.79 Å². The second-order valence-electron chi connectivity index (χ2n) is 3.51. The lowest BCUT2D eigenvalue weighted by Crippen LogP contribution is -1.98. The highest BCUT2D eigenvalue weighted by Gasteiger charge is 2.07. The summed E-state index contributed by atoms with van der Waals surface area (Å²) >= 11 is 11.6. The first-order valence-electron chi connectivity index (χ1n) is 4.63. The minimum atomic E-state index is 0.0663. The van der Waals surface area contributed by atoms with Crippen LogP contribution in [0.25, 0.3) is 0 Å². The lowest BCUT2D eigenvalue weighted by Gasteiger charge is -2.02. The number of hydrogen-bond donors (Lipinski definition) is 0. The molecule has 0 amide bonds. The standard InChI is InChI=1S/C12H12Cl2O/c1-8(2)3-6-12(15)9-4-5-10(13)11(14)7-9/h4-5,7H,1,3,6H2,2H3. The van der Waals surface area contributed by atoms with Crippen LogP contribution in [0.15, 0.2) is 30.4 Å². The first kappa shape index (κ1) is 12.3. The SMILES string of the molecule is C=C(C)CCC(=O)c1ccc(Cl)c(Cl)c1. The van der Waals surface area contributed by atoms with Gasteiger partial charge in [-0.2, -0.15) is 0 Å². The van der Waals surface area contributed by atoms with E-state index in [0.717, 1.165) is 5.57 Å². The lowest BCUT2D eigenvalue weighted by atomic mass is 10.0. The highest BCUT2D eigenvalue weighted by atomic mass is 35.5. The van der Waals surface area contributed by atoms with Gasteiger partial charge in [-0.3, -0.25) is 4.79 Å². The molecule has 0 spiro atoms. The van der Waals surface area contributed by atoms with Crippen molar-refractivity contribution in [1.29, 1.82) is 0 Å². The normalized spacial score (nSPS) is 10.1. The predicted molar refractivity (Wildman–Crippen MR) is 64.8 cm³/mol. The van der Waals surface area contributed by atoms with E-state index in [1.807, 2.05) is 6.92 Å². The van der Waals surface area contributed by atoms with E-state index in [4.69, 9.17) is 23.2 Å². The van der Waals surface area contributed by atoms with Crippen LogP contribution in [-0.2, 0) is 0 Å². The summed E-state index contributed by atoms with van der Waals surface area (Å²) in [5, 5.41) is 0.881. The number of ketones is 1. The van der Waals surface area contributed by atoms with Gasteiger partial charge in [0.25, 0.3) is 0 Å². The van der Waals surface area contributed by atoms with Gasteiger partial charge in [-0.1, -0.05) is 28.8 Å². The monoisotopic (exact) mass is 242 g/mol. The number of carbonyl (C=O) groups excluding carboxylic acids is 1. The van der Waals surface area contributed by atoms with Gasteiger partial charge in [0.2, 0.25) is 0 Å². The molecule has 0 fully saturated rings. The molecular weight excluding hydrogens is 231 g/mol. The summed E-state index contributed by atoms with van der Waals surface area (Å²) in [5.41, 5.74) is 1.61. The molecule has 0 heterocycles. The van der Waals surface area contributed by atoms with Crippen molar-refractivity contribution in [1.82, 2.24) is 0 Å². The van der Waals surface area contributed by atoms with Crippen LogP contribution in [0, 0.1) is 0 Å². The fraction of sp³-hybridized carbons (Fsp3) is 0.250. The molecule has 0 aliphatic heterocycles. The molecule has 0 saturated carbocycles. The van der Waals surface area contributed by atoms with Gasteiger partial charge in [0.05, 0.1) is 10.0 Å². The molecule has 0 aromatic heterocycles. The van der Waals surface area contributed by atoms with E-state index in [1.165, 1.54) is 0 Å². The molecule has 0 aliphatic rings. The van der Waals surface area contributed by atoms with Crippen LogP contribution in [-0.4, -0.2) is 5.78 Å². The Kier molecular flexibility index (Phi) is 4.37. The zero-order valence-corrected chi connectivity index (χ0v) is 10.0. The van der Waals surface area contributed by atoms with Crippen molar-refractivity contribution in [2.45, 2.75) is 19.8 Å². The molecule has 1 aromatic carbocycles. The molecule has 0 radical (unpaired) electrons. The van der Waals surface area contributed by atoms with E-state index in [9.17, 15) is 4.79 Å². The van der Waals surface area contributed by atoms with Crippen molar-refractivity contribution in [3.63, 3.8) is 0 Å². The van der Waals surface area contributed by atoms with E-state index in [1.54, 1.807) is 18.2 Å². The smallest absolute Gasteiger partial charge is 0.163 e. The molecule has 0 aliphatic carbocycles.